The molecular weight excluding hydrogens is 198 g/mol. The minimum Gasteiger partial charge on any atom is -0.230 e. The lowest BCUT2D eigenvalue weighted by atomic mass is 10.1. The zero-order chi connectivity index (χ0) is 12.2. The van der Waals surface area contributed by atoms with Crippen LogP contribution in [-0.4, -0.2) is 19.0 Å². The standard InChI is InChI=1S/C14H22NO/c1-5-14(16)15(6-2,7-3)13-11-9-8-10-12(13)4/h8-11H,5-7H2,1-4H3/q+1. The van der Waals surface area contributed by atoms with E-state index in [1.54, 1.807) is 0 Å². The first-order valence-corrected chi connectivity index (χ1v) is 6.09. The van der Waals surface area contributed by atoms with Crippen molar-refractivity contribution >= 4 is 11.6 Å². The Labute approximate surface area is 98.5 Å². The maximum absolute atomic E-state index is 12.2. The number of hydrogen-bond donors (Lipinski definition) is 0. The Hall–Kier alpha value is -1.15. The lowest BCUT2D eigenvalue weighted by Gasteiger charge is -2.34. The highest BCUT2D eigenvalue weighted by Gasteiger charge is 2.35. The van der Waals surface area contributed by atoms with E-state index >= 15 is 0 Å². The third kappa shape index (κ3) is 2.03. The van der Waals surface area contributed by atoms with Crippen LogP contribution in [0.5, 0.6) is 0 Å². The van der Waals surface area contributed by atoms with Gasteiger partial charge in [-0.25, -0.2) is 9.28 Å². The lowest BCUT2D eigenvalue weighted by Crippen LogP contribution is -2.54. The molecule has 0 saturated carbocycles. The van der Waals surface area contributed by atoms with Gasteiger partial charge in [0, 0.05) is 5.56 Å². The van der Waals surface area contributed by atoms with Crippen molar-refractivity contribution in [3.05, 3.63) is 29.8 Å². The lowest BCUT2D eigenvalue weighted by molar-refractivity contribution is -0.129. The summed E-state index contributed by atoms with van der Waals surface area (Å²) in [6.07, 6.45) is 0.593. The number of carbonyl (C=O) groups is 1. The fraction of sp³-hybridized carbons (Fsp3) is 0.500. The van der Waals surface area contributed by atoms with Gasteiger partial charge >= 0.3 is 5.91 Å². The van der Waals surface area contributed by atoms with Gasteiger partial charge in [0.05, 0.1) is 19.5 Å². The Balaban J connectivity index is 3.32. The van der Waals surface area contributed by atoms with Gasteiger partial charge < -0.3 is 0 Å². The highest BCUT2D eigenvalue weighted by atomic mass is 16.2. The van der Waals surface area contributed by atoms with E-state index in [2.05, 4.69) is 32.9 Å². The fourth-order valence-electron chi connectivity index (χ4n) is 2.40. The summed E-state index contributed by atoms with van der Waals surface area (Å²) >= 11 is 0. The zero-order valence-electron chi connectivity index (χ0n) is 10.8. The van der Waals surface area contributed by atoms with Gasteiger partial charge in [-0.05, 0) is 26.8 Å². The van der Waals surface area contributed by atoms with E-state index in [1.807, 2.05) is 19.1 Å². The second-order valence-electron chi connectivity index (χ2n) is 4.13. The quantitative estimate of drug-likeness (QED) is 0.712. The van der Waals surface area contributed by atoms with Crippen molar-refractivity contribution < 1.29 is 4.79 Å². The van der Waals surface area contributed by atoms with Crippen LogP contribution in [0.15, 0.2) is 24.3 Å². The van der Waals surface area contributed by atoms with Crippen molar-refractivity contribution in [3.8, 4) is 0 Å². The topological polar surface area (TPSA) is 17.1 Å². The molecule has 1 rings (SSSR count). The van der Waals surface area contributed by atoms with E-state index in [1.165, 1.54) is 5.56 Å². The highest BCUT2D eigenvalue weighted by molar-refractivity contribution is 5.89. The van der Waals surface area contributed by atoms with Crippen LogP contribution in [0.3, 0.4) is 0 Å². The fourth-order valence-corrected chi connectivity index (χ4v) is 2.40. The Morgan fingerprint density at radius 1 is 1.12 bits per heavy atom. The Morgan fingerprint density at radius 3 is 2.12 bits per heavy atom. The van der Waals surface area contributed by atoms with Gasteiger partial charge in [0.2, 0.25) is 0 Å². The molecule has 0 fully saturated rings. The molecule has 0 saturated heterocycles. The number of aryl methyl sites for hydroxylation is 1. The molecule has 16 heavy (non-hydrogen) atoms. The molecular formula is C14H22NO+. The molecule has 0 spiro atoms. The molecule has 88 valence electrons. The van der Waals surface area contributed by atoms with Crippen LogP contribution >= 0.6 is 0 Å². The van der Waals surface area contributed by atoms with Gasteiger partial charge in [0.15, 0.2) is 0 Å². The average Bonchev–Trinajstić information content (AvgIpc) is 2.33. The Morgan fingerprint density at radius 2 is 1.69 bits per heavy atom. The van der Waals surface area contributed by atoms with E-state index in [4.69, 9.17) is 0 Å². The maximum Gasteiger partial charge on any atom is 0.318 e. The minimum absolute atomic E-state index is 0.305. The summed E-state index contributed by atoms with van der Waals surface area (Å²) in [7, 11) is 0. The van der Waals surface area contributed by atoms with E-state index in [0.717, 1.165) is 18.8 Å². The van der Waals surface area contributed by atoms with Gasteiger partial charge in [-0.2, -0.15) is 0 Å². The molecule has 1 aromatic carbocycles. The number of rotatable bonds is 4. The van der Waals surface area contributed by atoms with E-state index in [9.17, 15) is 4.79 Å². The minimum atomic E-state index is 0.305. The molecule has 0 radical (unpaired) electrons. The molecule has 0 N–H and O–H groups in total. The molecule has 0 aromatic heterocycles. The van der Waals surface area contributed by atoms with Crippen molar-refractivity contribution in [1.82, 2.24) is 4.48 Å². The van der Waals surface area contributed by atoms with Crippen LogP contribution in [-0.2, 0) is 4.79 Å². The SMILES string of the molecule is CCC(=O)[N+](CC)(CC)c1ccccc1C. The first-order chi connectivity index (χ1) is 7.62. The van der Waals surface area contributed by atoms with Crippen LogP contribution in [0.1, 0.15) is 32.8 Å². The second kappa shape index (κ2) is 5.26. The molecule has 2 nitrogen and oxygen atoms in total. The van der Waals surface area contributed by atoms with Crippen molar-refractivity contribution in [1.29, 1.82) is 0 Å². The number of amides is 1. The number of hydrogen-bond acceptors (Lipinski definition) is 1. The maximum atomic E-state index is 12.2. The Bertz CT molecular complexity index is 367. The van der Waals surface area contributed by atoms with Crippen LogP contribution in [0.25, 0.3) is 0 Å². The summed E-state index contributed by atoms with van der Waals surface area (Å²) in [5.41, 5.74) is 2.35. The number of nitrogens with zero attached hydrogens (tertiary/aromatic N) is 1. The molecule has 0 heterocycles. The van der Waals surface area contributed by atoms with E-state index in [-0.39, 0.29) is 0 Å². The summed E-state index contributed by atoms with van der Waals surface area (Å²) in [4.78, 5) is 12.2. The number of para-hydroxylation sites is 1. The molecule has 0 bridgehead atoms. The van der Waals surface area contributed by atoms with Gasteiger partial charge in [0.1, 0.15) is 5.69 Å². The van der Waals surface area contributed by atoms with E-state index < -0.39 is 0 Å². The van der Waals surface area contributed by atoms with Crippen LogP contribution in [0, 0.1) is 6.92 Å². The number of quaternary nitrogens is 1. The summed E-state index contributed by atoms with van der Waals surface area (Å²) in [6, 6.07) is 8.20. The van der Waals surface area contributed by atoms with Crippen LogP contribution < -0.4 is 4.48 Å². The molecule has 2 heteroatoms. The molecule has 1 aromatic rings. The molecule has 0 aliphatic rings. The normalized spacial score (nSPS) is 11.5. The third-order valence-corrected chi connectivity index (χ3v) is 3.44. The van der Waals surface area contributed by atoms with Gasteiger partial charge in [-0.15, -0.1) is 0 Å². The largest absolute Gasteiger partial charge is 0.318 e. The highest BCUT2D eigenvalue weighted by Crippen LogP contribution is 2.27. The zero-order valence-corrected chi connectivity index (χ0v) is 10.8. The molecule has 0 atom stereocenters. The molecule has 0 aliphatic heterocycles. The van der Waals surface area contributed by atoms with Crippen LogP contribution in [0.2, 0.25) is 0 Å². The number of benzene rings is 1. The summed E-state index contributed by atoms with van der Waals surface area (Å²) in [6.45, 7) is 9.85. The van der Waals surface area contributed by atoms with Gasteiger partial charge in [0.25, 0.3) is 0 Å². The predicted octanol–water partition coefficient (Wildman–Crippen LogP) is 3.28. The molecule has 0 aliphatic carbocycles. The van der Waals surface area contributed by atoms with Crippen molar-refractivity contribution in [3.63, 3.8) is 0 Å². The smallest absolute Gasteiger partial charge is 0.230 e. The summed E-state index contributed by atoms with van der Waals surface area (Å²) in [5, 5.41) is 0. The van der Waals surface area contributed by atoms with Crippen molar-refractivity contribution in [2.24, 2.45) is 0 Å². The van der Waals surface area contributed by atoms with E-state index in [0.29, 0.717) is 16.8 Å². The number of carbonyl (C=O) groups excluding carboxylic acids is 1. The van der Waals surface area contributed by atoms with Gasteiger partial charge in [-0.1, -0.05) is 25.1 Å². The molecule has 0 unspecified atom stereocenters. The van der Waals surface area contributed by atoms with Crippen LogP contribution in [0.4, 0.5) is 5.69 Å². The molecule has 1 amide bonds. The first kappa shape index (κ1) is 12.9. The summed E-state index contributed by atoms with van der Waals surface area (Å²) < 4.78 is 0.475. The first-order valence-electron chi connectivity index (χ1n) is 6.09. The Kier molecular flexibility index (Phi) is 4.25. The predicted molar refractivity (Wildman–Crippen MR) is 69.4 cm³/mol. The monoisotopic (exact) mass is 220 g/mol. The third-order valence-electron chi connectivity index (χ3n) is 3.44. The summed E-state index contributed by atoms with van der Waals surface area (Å²) in [5.74, 6) is 0.305. The average molecular weight is 220 g/mol. The second-order valence-corrected chi connectivity index (χ2v) is 4.13. The van der Waals surface area contributed by atoms with Crippen molar-refractivity contribution in [2.75, 3.05) is 13.1 Å². The van der Waals surface area contributed by atoms with Gasteiger partial charge in [-0.3, -0.25) is 0 Å². The van der Waals surface area contributed by atoms with Crippen molar-refractivity contribution in [2.45, 2.75) is 34.1 Å².